The Labute approximate surface area is 159 Å². The number of rotatable bonds is 6. The van der Waals surface area contributed by atoms with Gasteiger partial charge in [0.2, 0.25) is 11.8 Å². The summed E-state index contributed by atoms with van der Waals surface area (Å²) in [5.74, 6) is 0.619. The topological polar surface area (TPSA) is 67.4 Å². The van der Waals surface area contributed by atoms with Gasteiger partial charge in [0.15, 0.2) is 0 Å². The lowest BCUT2D eigenvalue weighted by Gasteiger charge is -2.34. The third-order valence-corrected chi connectivity index (χ3v) is 5.58. The van der Waals surface area contributed by atoms with Gasteiger partial charge in [-0.25, -0.2) is 0 Å². The lowest BCUT2D eigenvalue weighted by atomic mass is 9.89. The lowest BCUT2D eigenvalue weighted by Crippen LogP contribution is -2.56. The van der Waals surface area contributed by atoms with Crippen LogP contribution in [0.4, 0.5) is 0 Å². The second-order valence-corrected chi connectivity index (χ2v) is 7.68. The van der Waals surface area contributed by atoms with Crippen LogP contribution in [0.15, 0.2) is 24.3 Å². The number of hydrogen-bond acceptors (Lipinski definition) is 3. The van der Waals surface area contributed by atoms with E-state index in [0.29, 0.717) is 13.0 Å². The number of ether oxygens (including phenoxy) is 1. The molecule has 6 heteroatoms. The Morgan fingerprint density at radius 2 is 1.85 bits per heavy atom. The number of fused-ring (bicyclic) bond motifs is 1. The van der Waals surface area contributed by atoms with Crippen molar-refractivity contribution in [2.75, 3.05) is 12.4 Å². The van der Waals surface area contributed by atoms with Crippen molar-refractivity contribution >= 4 is 23.4 Å². The summed E-state index contributed by atoms with van der Waals surface area (Å²) in [6, 6.07) is 7.90. The third-order valence-electron chi connectivity index (χ3n) is 5.34. The normalized spacial score (nSPS) is 21.2. The number of carbonyl (C=O) groups is 2. The number of hydrogen-bond donors (Lipinski definition) is 2. The average molecular weight is 379 g/mol. The largest absolute Gasteiger partial charge is 0.489 e. The smallest absolute Gasteiger partial charge is 0.235 e. The highest BCUT2D eigenvalue weighted by Crippen LogP contribution is 2.30. The maximum absolute atomic E-state index is 12.4. The number of para-hydroxylation sites is 1. The molecule has 26 heavy (non-hydrogen) atoms. The Hall–Kier alpha value is -1.75. The van der Waals surface area contributed by atoms with Gasteiger partial charge >= 0.3 is 0 Å². The maximum atomic E-state index is 12.4. The summed E-state index contributed by atoms with van der Waals surface area (Å²) in [6.07, 6.45) is 7.17. The van der Waals surface area contributed by atoms with Gasteiger partial charge in [0.25, 0.3) is 0 Å². The molecule has 142 valence electrons. The SMILES string of the molecule is O=C(CC1Cc2ccccc2O1)NCC1(NC(=O)CCl)CCCCCC1. The molecular weight excluding hydrogens is 352 g/mol. The predicted octanol–water partition coefficient (Wildman–Crippen LogP) is 2.94. The van der Waals surface area contributed by atoms with Gasteiger partial charge in [-0.05, 0) is 24.5 Å². The molecule has 1 aromatic carbocycles. The summed E-state index contributed by atoms with van der Waals surface area (Å²) < 4.78 is 5.85. The number of carbonyl (C=O) groups excluding carboxylic acids is 2. The Morgan fingerprint density at radius 1 is 1.12 bits per heavy atom. The summed E-state index contributed by atoms with van der Waals surface area (Å²) in [5.41, 5.74) is 0.775. The number of amides is 2. The van der Waals surface area contributed by atoms with Crippen molar-refractivity contribution in [2.45, 2.75) is 63.0 Å². The van der Waals surface area contributed by atoms with Crippen molar-refractivity contribution in [3.63, 3.8) is 0 Å². The van der Waals surface area contributed by atoms with Crippen LogP contribution in [0.5, 0.6) is 5.75 Å². The monoisotopic (exact) mass is 378 g/mol. The standard InChI is InChI=1S/C20H27ClN2O3/c21-13-19(25)23-20(9-5-1-2-6-10-20)14-22-18(24)12-16-11-15-7-3-4-8-17(15)26-16/h3-4,7-8,16H,1-2,5-6,9-14H2,(H,22,24)(H,23,25). The maximum Gasteiger partial charge on any atom is 0.235 e. The molecule has 1 atom stereocenters. The molecular formula is C20H27ClN2O3. The number of nitrogens with one attached hydrogen (secondary N) is 2. The van der Waals surface area contributed by atoms with Crippen LogP contribution in [0, 0.1) is 0 Å². The Kier molecular flexibility index (Phi) is 6.41. The van der Waals surface area contributed by atoms with Crippen molar-refractivity contribution in [3.8, 4) is 5.75 Å². The van der Waals surface area contributed by atoms with Gasteiger partial charge in [-0.3, -0.25) is 9.59 Å². The van der Waals surface area contributed by atoms with Gasteiger partial charge < -0.3 is 15.4 Å². The number of alkyl halides is 1. The van der Waals surface area contributed by atoms with E-state index in [9.17, 15) is 9.59 Å². The fourth-order valence-corrected chi connectivity index (χ4v) is 4.06. The third kappa shape index (κ3) is 4.91. The highest BCUT2D eigenvalue weighted by molar-refractivity contribution is 6.27. The van der Waals surface area contributed by atoms with Crippen molar-refractivity contribution < 1.29 is 14.3 Å². The predicted molar refractivity (Wildman–Crippen MR) is 101 cm³/mol. The molecule has 1 fully saturated rings. The first-order valence-electron chi connectivity index (χ1n) is 9.48. The Bertz CT molecular complexity index is 617. The van der Waals surface area contributed by atoms with Crippen LogP contribution in [-0.4, -0.2) is 35.9 Å². The molecule has 1 heterocycles. The van der Waals surface area contributed by atoms with E-state index in [1.807, 2.05) is 24.3 Å². The second-order valence-electron chi connectivity index (χ2n) is 7.41. The molecule has 1 aromatic rings. The first kappa shape index (κ1) is 19.0. The molecule has 1 aliphatic carbocycles. The van der Waals surface area contributed by atoms with Gasteiger partial charge in [-0.15, -0.1) is 11.6 Å². The molecule has 0 radical (unpaired) electrons. The lowest BCUT2D eigenvalue weighted by molar-refractivity contribution is -0.124. The van der Waals surface area contributed by atoms with E-state index >= 15 is 0 Å². The van der Waals surface area contributed by atoms with Crippen LogP contribution >= 0.6 is 11.6 Å². The summed E-state index contributed by atoms with van der Waals surface area (Å²) in [4.78, 5) is 24.3. The van der Waals surface area contributed by atoms with Crippen LogP contribution < -0.4 is 15.4 Å². The van der Waals surface area contributed by atoms with Crippen LogP contribution in [0.1, 0.15) is 50.5 Å². The molecule has 0 bridgehead atoms. The zero-order valence-corrected chi connectivity index (χ0v) is 15.8. The van der Waals surface area contributed by atoms with E-state index in [4.69, 9.17) is 16.3 Å². The van der Waals surface area contributed by atoms with E-state index in [1.165, 1.54) is 12.8 Å². The van der Waals surface area contributed by atoms with E-state index < -0.39 is 0 Å². The minimum Gasteiger partial charge on any atom is -0.489 e. The van der Waals surface area contributed by atoms with Crippen molar-refractivity contribution in [2.24, 2.45) is 0 Å². The fraction of sp³-hybridized carbons (Fsp3) is 0.600. The van der Waals surface area contributed by atoms with E-state index in [2.05, 4.69) is 10.6 Å². The highest BCUT2D eigenvalue weighted by Gasteiger charge is 2.33. The molecule has 2 aliphatic rings. The zero-order valence-electron chi connectivity index (χ0n) is 15.1. The van der Waals surface area contributed by atoms with E-state index in [0.717, 1.165) is 43.4 Å². The number of benzene rings is 1. The van der Waals surface area contributed by atoms with E-state index in [-0.39, 0.29) is 29.3 Å². The first-order valence-corrected chi connectivity index (χ1v) is 10.0. The molecule has 0 spiro atoms. The Morgan fingerprint density at radius 3 is 2.54 bits per heavy atom. The molecule has 1 unspecified atom stereocenters. The van der Waals surface area contributed by atoms with Crippen molar-refractivity contribution in [1.82, 2.24) is 10.6 Å². The summed E-state index contributed by atoms with van der Waals surface area (Å²) in [7, 11) is 0. The molecule has 1 aliphatic heterocycles. The van der Waals surface area contributed by atoms with Gasteiger partial charge in [-0.1, -0.05) is 43.9 Å². The molecule has 3 rings (SSSR count). The van der Waals surface area contributed by atoms with Gasteiger partial charge in [0.05, 0.1) is 12.0 Å². The van der Waals surface area contributed by atoms with Crippen LogP contribution in [0.3, 0.4) is 0 Å². The molecule has 5 nitrogen and oxygen atoms in total. The minimum absolute atomic E-state index is 0.0356. The molecule has 0 saturated heterocycles. The second kappa shape index (κ2) is 8.76. The fourth-order valence-electron chi connectivity index (χ4n) is 3.99. The van der Waals surface area contributed by atoms with E-state index in [1.54, 1.807) is 0 Å². The van der Waals surface area contributed by atoms with Crippen LogP contribution in [0.2, 0.25) is 0 Å². The average Bonchev–Trinajstić information content (AvgIpc) is 2.90. The summed E-state index contributed by atoms with van der Waals surface area (Å²) in [5, 5.41) is 6.10. The summed E-state index contributed by atoms with van der Waals surface area (Å²) >= 11 is 5.68. The van der Waals surface area contributed by atoms with Gasteiger partial charge in [-0.2, -0.15) is 0 Å². The van der Waals surface area contributed by atoms with Gasteiger partial charge in [0.1, 0.15) is 17.7 Å². The Balaban J connectivity index is 1.53. The molecule has 0 aromatic heterocycles. The quantitative estimate of drug-likeness (QED) is 0.590. The number of halogens is 1. The molecule has 1 saturated carbocycles. The highest BCUT2D eigenvalue weighted by atomic mass is 35.5. The summed E-state index contributed by atoms with van der Waals surface area (Å²) in [6.45, 7) is 0.453. The van der Waals surface area contributed by atoms with Gasteiger partial charge in [0, 0.05) is 13.0 Å². The minimum atomic E-state index is -0.377. The molecule has 2 amide bonds. The van der Waals surface area contributed by atoms with Crippen LogP contribution in [0.25, 0.3) is 0 Å². The van der Waals surface area contributed by atoms with Crippen molar-refractivity contribution in [3.05, 3.63) is 29.8 Å². The first-order chi connectivity index (χ1) is 12.6. The molecule has 2 N–H and O–H groups in total. The van der Waals surface area contributed by atoms with Crippen LogP contribution in [-0.2, 0) is 16.0 Å². The zero-order chi connectivity index (χ0) is 18.4. The van der Waals surface area contributed by atoms with Crippen molar-refractivity contribution in [1.29, 1.82) is 0 Å².